The largest absolute Gasteiger partial charge is 0.311 e. The lowest BCUT2D eigenvalue weighted by Gasteiger charge is -2.27. The Labute approximate surface area is 85.4 Å². The molecular formula is C10H20N2S. The van der Waals surface area contributed by atoms with E-state index < -0.39 is 0 Å². The van der Waals surface area contributed by atoms with Crippen LogP contribution in [0.15, 0.2) is 0 Å². The van der Waals surface area contributed by atoms with Crippen molar-refractivity contribution in [3.8, 4) is 0 Å². The summed E-state index contributed by atoms with van der Waals surface area (Å²) in [4.78, 5) is 2.50. The molecule has 2 nitrogen and oxygen atoms in total. The molecule has 0 bridgehead atoms. The first kappa shape index (κ1) is 9.81. The zero-order valence-corrected chi connectivity index (χ0v) is 9.28. The van der Waals surface area contributed by atoms with Crippen molar-refractivity contribution in [3.63, 3.8) is 0 Å². The average molecular weight is 200 g/mol. The molecule has 0 aromatic carbocycles. The molecule has 1 atom stereocenters. The highest BCUT2D eigenvalue weighted by atomic mass is 32.2. The van der Waals surface area contributed by atoms with Crippen LogP contribution < -0.4 is 5.32 Å². The third kappa shape index (κ3) is 3.49. The summed E-state index contributed by atoms with van der Waals surface area (Å²) in [5.74, 6) is 3.62. The Morgan fingerprint density at radius 3 is 2.85 bits per heavy atom. The van der Waals surface area contributed by atoms with Crippen LogP contribution in [0, 0.1) is 5.92 Å². The van der Waals surface area contributed by atoms with Crippen molar-refractivity contribution in [2.24, 2.45) is 5.92 Å². The Hall–Kier alpha value is 0.270. The van der Waals surface area contributed by atoms with Crippen molar-refractivity contribution in [1.82, 2.24) is 10.2 Å². The minimum Gasteiger partial charge on any atom is -0.311 e. The normalized spacial score (nSPS) is 29.5. The lowest BCUT2D eigenvalue weighted by atomic mass is 10.3. The van der Waals surface area contributed by atoms with E-state index in [1.165, 1.54) is 44.0 Å². The fourth-order valence-electron chi connectivity index (χ4n) is 1.93. The highest BCUT2D eigenvalue weighted by Gasteiger charge is 2.24. The van der Waals surface area contributed by atoms with Gasteiger partial charge in [0, 0.05) is 37.2 Å². The number of hydrogen-bond donors (Lipinski definition) is 1. The van der Waals surface area contributed by atoms with Crippen molar-refractivity contribution < 1.29 is 0 Å². The molecule has 1 saturated carbocycles. The Morgan fingerprint density at radius 2 is 2.23 bits per heavy atom. The molecule has 2 aliphatic rings. The third-order valence-corrected chi connectivity index (χ3v) is 3.93. The van der Waals surface area contributed by atoms with Gasteiger partial charge in [0.15, 0.2) is 0 Å². The predicted octanol–water partition coefficient (Wildman–Crippen LogP) is 1.03. The standard InChI is InChI=1S/C10H20N2S/c1-12(6-9-2-3-9)7-10-8-13-5-4-11-10/h9-11H,2-8H2,1H3. The average Bonchev–Trinajstić information content (AvgIpc) is 2.90. The third-order valence-electron chi connectivity index (χ3n) is 2.80. The molecule has 1 heterocycles. The van der Waals surface area contributed by atoms with Crippen LogP contribution in [-0.4, -0.2) is 49.1 Å². The molecule has 0 spiro atoms. The predicted molar refractivity (Wildman–Crippen MR) is 59.3 cm³/mol. The van der Waals surface area contributed by atoms with Gasteiger partial charge in [-0.25, -0.2) is 0 Å². The molecule has 1 aliphatic heterocycles. The van der Waals surface area contributed by atoms with Gasteiger partial charge >= 0.3 is 0 Å². The van der Waals surface area contributed by atoms with E-state index in [1.54, 1.807) is 0 Å². The molecule has 76 valence electrons. The maximum absolute atomic E-state index is 3.58. The van der Waals surface area contributed by atoms with Gasteiger partial charge in [0.1, 0.15) is 0 Å². The Kier molecular flexibility index (Phi) is 3.52. The topological polar surface area (TPSA) is 15.3 Å². The summed E-state index contributed by atoms with van der Waals surface area (Å²) >= 11 is 2.09. The second-order valence-corrected chi connectivity index (χ2v) is 5.54. The van der Waals surface area contributed by atoms with Crippen molar-refractivity contribution in [3.05, 3.63) is 0 Å². The van der Waals surface area contributed by atoms with Gasteiger partial charge in [-0.3, -0.25) is 0 Å². The molecule has 0 aromatic heterocycles. The van der Waals surface area contributed by atoms with Crippen LogP contribution in [0.3, 0.4) is 0 Å². The number of rotatable bonds is 4. The Balaban J connectivity index is 1.62. The van der Waals surface area contributed by atoms with Crippen LogP contribution in [-0.2, 0) is 0 Å². The first-order valence-electron chi connectivity index (χ1n) is 5.34. The van der Waals surface area contributed by atoms with E-state index in [1.807, 2.05) is 0 Å². The van der Waals surface area contributed by atoms with Crippen LogP contribution in [0.4, 0.5) is 0 Å². The van der Waals surface area contributed by atoms with Crippen LogP contribution in [0.5, 0.6) is 0 Å². The second kappa shape index (κ2) is 4.67. The zero-order valence-electron chi connectivity index (χ0n) is 8.46. The van der Waals surface area contributed by atoms with E-state index in [0.717, 1.165) is 12.0 Å². The summed E-state index contributed by atoms with van der Waals surface area (Å²) in [7, 11) is 2.26. The van der Waals surface area contributed by atoms with Crippen molar-refractivity contribution in [2.45, 2.75) is 18.9 Å². The van der Waals surface area contributed by atoms with Crippen molar-refractivity contribution in [1.29, 1.82) is 0 Å². The minimum atomic E-state index is 0.738. The number of nitrogens with one attached hydrogen (secondary N) is 1. The lowest BCUT2D eigenvalue weighted by molar-refractivity contribution is 0.288. The number of nitrogens with zero attached hydrogens (tertiary/aromatic N) is 1. The van der Waals surface area contributed by atoms with E-state index in [0.29, 0.717) is 0 Å². The number of likely N-dealkylation sites (N-methyl/N-ethyl adjacent to an activating group) is 1. The molecule has 0 radical (unpaired) electrons. The maximum atomic E-state index is 3.58. The number of hydrogen-bond acceptors (Lipinski definition) is 3. The van der Waals surface area contributed by atoms with E-state index in [9.17, 15) is 0 Å². The molecule has 3 heteroatoms. The molecule has 2 rings (SSSR count). The van der Waals surface area contributed by atoms with Gasteiger partial charge in [-0.05, 0) is 25.8 Å². The molecule has 0 aromatic rings. The van der Waals surface area contributed by atoms with Gasteiger partial charge in [0.25, 0.3) is 0 Å². The fraction of sp³-hybridized carbons (Fsp3) is 1.00. The lowest BCUT2D eigenvalue weighted by Crippen LogP contribution is -2.45. The van der Waals surface area contributed by atoms with Gasteiger partial charge in [0.2, 0.25) is 0 Å². The van der Waals surface area contributed by atoms with Crippen LogP contribution in [0.2, 0.25) is 0 Å². The van der Waals surface area contributed by atoms with Gasteiger partial charge in [-0.1, -0.05) is 0 Å². The zero-order chi connectivity index (χ0) is 9.10. The van der Waals surface area contributed by atoms with Crippen molar-refractivity contribution >= 4 is 11.8 Å². The Morgan fingerprint density at radius 1 is 1.38 bits per heavy atom. The first-order valence-corrected chi connectivity index (χ1v) is 6.50. The van der Waals surface area contributed by atoms with Crippen LogP contribution >= 0.6 is 11.8 Å². The van der Waals surface area contributed by atoms with Crippen molar-refractivity contribution in [2.75, 3.05) is 38.2 Å². The summed E-state index contributed by atoms with van der Waals surface area (Å²) in [5.41, 5.74) is 0. The summed E-state index contributed by atoms with van der Waals surface area (Å²) < 4.78 is 0. The quantitative estimate of drug-likeness (QED) is 0.730. The first-order chi connectivity index (χ1) is 6.34. The van der Waals surface area contributed by atoms with E-state index >= 15 is 0 Å². The molecule has 13 heavy (non-hydrogen) atoms. The summed E-state index contributed by atoms with van der Waals surface area (Å²) in [6, 6.07) is 0.738. The van der Waals surface area contributed by atoms with Gasteiger partial charge in [-0.2, -0.15) is 11.8 Å². The fourth-order valence-corrected chi connectivity index (χ4v) is 2.87. The van der Waals surface area contributed by atoms with Gasteiger partial charge in [0.05, 0.1) is 0 Å². The molecule has 2 fully saturated rings. The Bertz CT molecular complexity index is 153. The monoisotopic (exact) mass is 200 g/mol. The highest BCUT2D eigenvalue weighted by molar-refractivity contribution is 7.99. The van der Waals surface area contributed by atoms with Gasteiger partial charge in [-0.15, -0.1) is 0 Å². The molecule has 1 N–H and O–H groups in total. The molecule has 1 aliphatic carbocycles. The summed E-state index contributed by atoms with van der Waals surface area (Å²) in [6.07, 6.45) is 2.94. The van der Waals surface area contributed by atoms with Crippen LogP contribution in [0.1, 0.15) is 12.8 Å². The van der Waals surface area contributed by atoms with Gasteiger partial charge < -0.3 is 10.2 Å². The van der Waals surface area contributed by atoms with E-state index in [4.69, 9.17) is 0 Å². The van der Waals surface area contributed by atoms with E-state index in [2.05, 4.69) is 29.0 Å². The SMILES string of the molecule is CN(CC1CC1)CC1CSCCN1. The molecule has 1 saturated heterocycles. The summed E-state index contributed by atoms with van der Waals surface area (Å²) in [5, 5.41) is 3.58. The minimum absolute atomic E-state index is 0.738. The smallest absolute Gasteiger partial charge is 0.0285 e. The summed E-state index contributed by atoms with van der Waals surface area (Å²) in [6.45, 7) is 3.76. The second-order valence-electron chi connectivity index (χ2n) is 4.39. The van der Waals surface area contributed by atoms with E-state index in [-0.39, 0.29) is 0 Å². The number of thioether (sulfide) groups is 1. The highest BCUT2D eigenvalue weighted by Crippen LogP contribution is 2.29. The molecule has 0 amide bonds. The molecule has 1 unspecified atom stereocenters. The molecular weight excluding hydrogens is 180 g/mol. The maximum Gasteiger partial charge on any atom is 0.0285 e. The van der Waals surface area contributed by atoms with Crippen LogP contribution in [0.25, 0.3) is 0 Å².